The number of hydrogen-bond acceptors (Lipinski definition) is 4. The number of amides is 1. The van der Waals surface area contributed by atoms with Gasteiger partial charge in [0.05, 0.1) is 19.1 Å². The summed E-state index contributed by atoms with van der Waals surface area (Å²) in [4.78, 5) is 16.6. The SMILES string of the molecule is COc1ccccc1C(C)(C)C(=O)NCc1nccs1. The lowest BCUT2D eigenvalue weighted by Crippen LogP contribution is -2.39. The van der Waals surface area contributed by atoms with Crippen molar-refractivity contribution in [2.75, 3.05) is 7.11 Å². The minimum Gasteiger partial charge on any atom is -0.496 e. The molecule has 0 saturated carbocycles. The van der Waals surface area contributed by atoms with E-state index in [1.807, 2.05) is 43.5 Å². The van der Waals surface area contributed by atoms with Crippen LogP contribution in [0.25, 0.3) is 0 Å². The Labute approximate surface area is 122 Å². The zero-order chi connectivity index (χ0) is 14.6. The molecule has 2 aromatic rings. The zero-order valence-electron chi connectivity index (χ0n) is 11.8. The van der Waals surface area contributed by atoms with Crippen molar-refractivity contribution in [3.8, 4) is 5.75 Å². The van der Waals surface area contributed by atoms with Crippen LogP contribution in [0.15, 0.2) is 35.8 Å². The summed E-state index contributed by atoms with van der Waals surface area (Å²) in [6.07, 6.45) is 1.73. The summed E-state index contributed by atoms with van der Waals surface area (Å²) in [6, 6.07) is 7.59. The van der Waals surface area contributed by atoms with Crippen molar-refractivity contribution in [1.82, 2.24) is 10.3 Å². The Balaban J connectivity index is 2.14. The van der Waals surface area contributed by atoms with E-state index in [1.165, 1.54) is 11.3 Å². The van der Waals surface area contributed by atoms with Gasteiger partial charge >= 0.3 is 0 Å². The van der Waals surface area contributed by atoms with Gasteiger partial charge in [-0.3, -0.25) is 4.79 Å². The van der Waals surface area contributed by atoms with E-state index in [9.17, 15) is 4.79 Å². The van der Waals surface area contributed by atoms with Gasteiger partial charge in [0.15, 0.2) is 0 Å². The molecule has 0 fully saturated rings. The Kier molecular flexibility index (Phi) is 4.39. The predicted molar refractivity (Wildman–Crippen MR) is 80.0 cm³/mol. The van der Waals surface area contributed by atoms with E-state index in [2.05, 4.69) is 10.3 Å². The van der Waals surface area contributed by atoms with E-state index >= 15 is 0 Å². The molecule has 0 spiro atoms. The molecule has 1 aromatic heterocycles. The number of nitrogens with one attached hydrogen (secondary N) is 1. The molecule has 0 saturated heterocycles. The average Bonchev–Trinajstić information content (AvgIpc) is 2.97. The maximum atomic E-state index is 12.4. The molecule has 0 aliphatic carbocycles. The first-order chi connectivity index (χ1) is 9.55. The van der Waals surface area contributed by atoms with E-state index in [0.29, 0.717) is 6.54 Å². The molecule has 0 aliphatic heterocycles. The number of thiazole rings is 1. The molecule has 0 atom stereocenters. The summed E-state index contributed by atoms with van der Waals surface area (Å²) in [5, 5.41) is 5.72. The second-order valence-corrected chi connectivity index (χ2v) is 5.91. The van der Waals surface area contributed by atoms with Gasteiger partial charge in [0.1, 0.15) is 10.8 Å². The zero-order valence-corrected chi connectivity index (χ0v) is 12.7. The number of carbonyl (C=O) groups excluding carboxylic acids is 1. The molecule has 1 heterocycles. The van der Waals surface area contributed by atoms with Gasteiger partial charge in [-0.25, -0.2) is 4.98 Å². The van der Waals surface area contributed by atoms with Gasteiger partial charge < -0.3 is 10.1 Å². The molecule has 0 aliphatic rings. The third-order valence-corrected chi connectivity index (χ3v) is 4.01. The Morgan fingerprint density at radius 2 is 2.15 bits per heavy atom. The van der Waals surface area contributed by atoms with Crippen LogP contribution in [0.3, 0.4) is 0 Å². The molecule has 1 aromatic carbocycles. The van der Waals surface area contributed by atoms with Crippen LogP contribution >= 0.6 is 11.3 Å². The monoisotopic (exact) mass is 290 g/mol. The number of methoxy groups -OCH3 is 1. The Morgan fingerprint density at radius 3 is 2.80 bits per heavy atom. The van der Waals surface area contributed by atoms with E-state index in [4.69, 9.17) is 4.74 Å². The fraction of sp³-hybridized carbons (Fsp3) is 0.333. The van der Waals surface area contributed by atoms with Gasteiger partial charge in [0, 0.05) is 17.1 Å². The summed E-state index contributed by atoms with van der Waals surface area (Å²) in [5.41, 5.74) is 0.211. The highest BCUT2D eigenvalue weighted by Gasteiger charge is 2.32. The van der Waals surface area contributed by atoms with Gasteiger partial charge in [-0.05, 0) is 19.9 Å². The number of para-hydroxylation sites is 1. The van der Waals surface area contributed by atoms with Crippen molar-refractivity contribution in [2.24, 2.45) is 0 Å². The third kappa shape index (κ3) is 2.99. The Bertz CT molecular complexity index is 579. The van der Waals surface area contributed by atoms with Crippen LogP contribution < -0.4 is 10.1 Å². The van der Waals surface area contributed by atoms with Crippen molar-refractivity contribution >= 4 is 17.2 Å². The molecule has 106 valence electrons. The standard InChI is InChI=1S/C15H18N2O2S/c1-15(2,11-6-4-5-7-12(11)19-3)14(18)17-10-13-16-8-9-20-13/h4-9H,10H2,1-3H3,(H,17,18). The highest BCUT2D eigenvalue weighted by molar-refractivity contribution is 7.09. The summed E-state index contributed by atoms with van der Waals surface area (Å²) < 4.78 is 5.34. The van der Waals surface area contributed by atoms with Crippen molar-refractivity contribution in [3.05, 3.63) is 46.4 Å². The number of benzene rings is 1. The Hall–Kier alpha value is -1.88. The Morgan fingerprint density at radius 1 is 1.40 bits per heavy atom. The first-order valence-corrected chi connectivity index (χ1v) is 7.24. The molecule has 0 bridgehead atoms. The van der Waals surface area contributed by atoms with E-state index in [-0.39, 0.29) is 5.91 Å². The normalized spacial score (nSPS) is 11.2. The number of hydrogen-bond donors (Lipinski definition) is 1. The van der Waals surface area contributed by atoms with Crippen molar-refractivity contribution in [1.29, 1.82) is 0 Å². The number of aromatic nitrogens is 1. The topological polar surface area (TPSA) is 51.2 Å². The van der Waals surface area contributed by atoms with Crippen LogP contribution in [0, 0.1) is 0 Å². The second kappa shape index (κ2) is 6.05. The maximum Gasteiger partial charge on any atom is 0.230 e. The molecule has 20 heavy (non-hydrogen) atoms. The number of ether oxygens (including phenoxy) is 1. The molecule has 4 nitrogen and oxygen atoms in total. The number of carbonyl (C=O) groups is 1. The van der Waals surface area contributed by atoms with Gasteiger partial charge in [-0.1, -0.05) is 18.2 Å². The number of nitrogens with zero attached hydrogens (tertiary/aromatic N) is 1. The minimum atomic E-state index is -0.663. The third-order valence-electron chi connectivity index (χ3n) is 3.23. The molecule has 0 unspecified atom stereocenters. The summed E-state index contributed by atoms with van der Waals surface area (Å²) >= 11 is 1.53. The van der Waals surface area contributed by atoms with Crippen molar-refractivity contribution in [3.63, 3.8) is 0 Å². The van der Waals surface area contributed by atoms with Crippen LogP contribution in [0.2, 0.25) is 0 Å². The van der Waals surface area contributed by atoms with Gasteiger partial charge in [0.2, 0.25) is 5.91 Å². The fourth-order valence-electron chi connectivity index (χ4n) is 2.00. The molecule has 0 radical (unpaired) electrons. The van der Waals surface area contributed by atoms with Crippen LogP contribution in [-0.2, 0) is 16.8 Å². The summed E-state index contributed by atoms with van der Waals surface area (Å²) in [5.74, 6) is 0.680. The largest absolute Gasteiger partial charge is 0.496 e. The van der Waals surface area contributed by atoms with Gasteiger partial charge in [-0.2, -0.15) is 0 Å². The van der Waals surface area contributed by atoms with Crippen LogP contribution in [0.4, 0.5) is 0 Å². The highest BCUT2D eigenvalue weighted by Crippen LogP contribution is 2.31. The van der Waals surface area contributed by atoms with E-state index in [0.717, 1.165) is 16.3 Å². The lowest BCUT2D eigenvalue weighted by atomic mass is 9.83. The van der Waals surface area contributed by atoms with Crippen LogP contribution in [0.1, 0.15) is 24.4 Å². The van der Waals surface area contributed by atoms with E-state index < -0.39 is 5.41 Å². The second-order valence-electron chi connectivity index (χ2n) is 4.93. The van der Waals surface area contributed by atoms with Gasteiger partial charge in [0.25, 0.3) is 0 Å². The van der Waals surface area contributed by atoms with Gasteiger partial charge in [-0.15, -0.1) is 11.3 Å². The lowest BCUT2D eigenvalue weighted by Gasteiger charge is -2.25. The van der Waals surface area contributed by atoms with Crippen molar-refractivity contribution in [2.45, 2.75) is 25.8 Å². The highest BCUT2D eigenvalue weighted by atomic mass is 32.1. The number of rotatable bonds is 5. The smallest absolute Gasteiger partial charge is 0.230 e. The molecular formula is C15H18N2O2S. The van der Waals surface area contributed by atoms with Crippen molar-refractivity contribution < 1.29 is 9.53 Å². The van der Waals surface area contributed by atoms with E-state index in [1.54, 1.807) is 13.3 Å². The first kappa shape index (κ1) is 14.5. The fourth-order valence-corrected chi connectivity index (χ4v) is 2.56. The molecule has 5 heteroatoms. The summed E-state index contributed by atoms with van der Waals surface area (Å²) in [6.45, 7) is 4.24. The predicted octanol–water partition coefficient (Wildman–Crippen LogP) is 2.75. The first-order valence-electron chi connectivity index (χ1n) is 6.36. The molecular weight excluding hydrogens is 272 g/mol. The van der Waals surface area contributed by atoms with Crippen LogP contribution in [-0.4, -0.2) is 18.0 Å². The molecule has 2 rings (SSSR count). The molecule has 1 amide bonds. The average molecular weight is 290 g/mol. The van der Waals surface area contributed by atoms with Crippen LogP contribution in [0.5, 0.6) is 5.75 Å². The minimum absolute atomic E-state index is 0.0443. The quantitative estimate of drug-likeness (QED) is 0.921. The maximum absolute atomic E-state index is 12.4. The lowest BCUT2D eigenvalue weighted by molar-refractivity contribution is -0.125. The molecule has 1 N–H and O–H groups in total. The summed E-state index contributed by atoms with van der Waals surface area (Å²) in [7, 11) is 1.61.